The molecule has 1 fully saturated rings. The third-order valence-corrected chi connectivity index (χ3v) is 3.32. The first-order chi connectivity index (χ1) is 7.56. The molecule has 0 aromatic heterocycles. The van der Waals surface area contributed by atoms with E-state index in [0.29, 0.717) is 6.54 Å². The van der Waals surface area contributed by atoms with E-state index in [1.165, 1.54) is 4.90 Å². The molecular formula is C11H20N2O3. The van der Waals surface area contributed by atoms with Crippen LogP contribution in [0.4, 0.5) is 0 Å². The number of hydrogen-bond donors (Lipinski definition) is 2. The molecule has 1 saturated carbocycles. The van der Waals surface area contributed by atoms with Crippen LogP contribution >= 0.6 is 0 Å². The Morgan fingerprint density at radius 2 is 2.12 bits per heavy atom. The van der Waals surface area contributed by atoms with Crippen LogP contribution in [0.25, 0.3) is 0 Å². The lowest BCUT2D eigenvalue weighted by Gasteiger charge is -2.23. The maximum Gasteiger partial charge on any atom is 0.305 e. The Kier molecular flexibility index (Phi) is 4.73. The van der Waals surface area contributed by atoms with Crippen molar-refractivity contribution in [2.45, 2.75) is 25.7 Å². The van der Waals surface area contributed by atoms with Crippen molar-refractivity contribution in [1.82, 2.24) is 4.90 Å². The van der Waals surface area contributed by atoms with Crippen LogP contribution in [-0.2, 0) is 9.59 Å². The second kappa shape index (κ2) is 5.84. The molecule has 0 radical (unpaired) electrons. The van der Waals surface area contributed by atoms with Gasteiger partial charge in [0.2, 0.25) is 5.91 Å². The Bertz CT molecular complexity index is 268. The third-order valence-electron chi connectivity index (χ3n) is 3.32. The van der Waals surface area contributed by atoms with Gasteiger partial charge in [-0.2, -0.15) is 0 Å². The molecule has 1 aliphatic carbocycles. The van der Waals surface area contributed by atoms with Gasteiger partial charge in [-0.15, -0.1) is 0 Å². The van der Waals surface area contributed by atoms with Gasteiger partial charge in [0.25, 0.3) is 0 Å². The van der Waals surface area contributed by atoms with E-state index < -0.39 is 5.97 Å². The van der Waals surface area contributed by atoms with Crippen molar-refractivity contribution in [1.29, 1.82) is 0 Å². The SMILES string of the molecule is CN(CCC(=O)O)C(=O)C1CCCC1CN. The van der Waals surface area contributed by atoms with Crippen molar-refractivity contribution in [2.75, 3.05) is 20.1 Å². The molecule has 5 nitrogen and oxygen atoms in total. The zero-order valence-corrected chi connectivity index (χ0v) is 9.69. The van der Waals surface area contributed by atoms with Crippen LogP contribution in [0.3, 0.4) is 0 Å². The standard InChI is InChI=1S/C11H20N2O3/c1-13(6-5-10(14)15)11(16)9-4-2-3-8(9)7-12/h8-9H,2-7,12H2,1H3,(H,14,15). The minimum absolute atomic E-state index is 0.00223. The first-order valence-corrected chi connectivity index (χ1v) is 5.73. The van der Waals surface area contributed by atoms with Crippen LogP contribution in [0.5, 0.6) is 0 Å². The second-order valence-corrected chi connectivity index (χ2v) is 4.44. The molecule has 1 aliphatic rings. The van der Waals surface area contributed by atoms with Crippen molar-refractivity contribution in [3.63, 3.8) is 0 Å². The van der Waals surface area contributed by atoms with Crippen LogP contribution in [0, 0.1) is 11.8 Å². The highest BCUT2D eigenvalue weighted by molar-refractivity contribution is 5.79. The maximum atomic E-state index is 12.0. The van der Waals surface area contributed by atoms with E-state index in [-0.39, 0.29) is 30.7 Å². The van der Waals surface area contributed by atoms with E-state index >= 15 is 0 Å². The van der Waals surface area contributed by atoms with E-state index in [4.69, 9.17) is 10.8 Å². The van der Waals surface area contributed by atoms with Gasteiger partial charge in [0.15, 0.2) is 0 Å². The molecule has 5 heteroatoms. The summed E-state index contributed by atoms with van der Waals surface area (Å²) in [4.78, 5) is 23.9. The van der Waals surface area contributed by atoms with Crippen molar-refractivity contribution < 1.29 is 14.7 Å². The van der Waals surface area contributed by atoms with E-state index in [9.17, 15) is 9.59 Å². The average Bonchev–Trinajstić information content (AvgIpc) is 2.72. The highest BCUT2D eigenvalue weighted by Gasteiger charge is 2.33. The van der Waals surface area contributed by atoms with Crippen LogP contribution in [-0.4, -0.2) is 42.0 Å². The van der Waals surface area contributed by atoms with Gasteiger partial charge in [-0.1, -0.05) is 6.42 Å². The van der Waals surface area contributed by atoms with Crippen LogP contribution in [0.1, 0.15) is 25.7 Å². The lowest BCUT2D eigenvalue weighted by molar-refractivity contribution is -0.139. The molecule has 0 saturated heterocycles. The summed E-state index contributed by atoms with van der Waals surface area (Å²) in [6.07, 6.45) is 2.95. The molecule has 2 unspecified atom stereocenters. The zero-order chi connectivity index (χ0) is 12.1. The minimum atomic E-state index is -0.874. The number of aliphatic carboxylic acids is 1. The van der Waals surface area contributed by atoms with Crippen LogP contribution in [0.2, 0.25) is 0 Å². The Morgan fingerprint density at radius 3 is 2.69 bits per heavy atom. The molecule has 92 valence electrons. The molecule has 0 spiro atoms. The molecule has 0 aliphatic heterocycles. The first-order valence-electron chi connectivity index (χ1n) is 5.73. The summed E-state index contributed by atoms with van der Waals surface area (Å²) in [5.41, 5.74) is 5.62. The maximum absolute atomic E-state index is 12.0. The van der Waals surface area contributed by atoms with Crippen LogP contribution in [0.15, 0.2) is 0 Å². The van der Waals surface area contributed by atoms with Crippen molar-refractivity contribution in [3.05, 3.63) is 0 Å². The van der Waals surface area contributed by atoms with E-state index in [2.05, 4.69) is 0 Å². The Labute approximate surface area is 95.6 Å². The monoisotopic (exact) mass is 228 g/mol. The van der Waals surface area contributed by atoms with Gasteiger partial charge in [-0.05, 0) is 25.3 Å². The minimum Gasteiger partial charge on any atom is -0.481 e. The fourth-order valence-electron chi connectivity index (χ4n) is 2.30. The molecule has 0 aromatic rings. The van der Waals surface area contributed by atoms with Gasteiger partial charge < -0.3 is 15.7 Å². The molecule has 2 atom stereocenters. The Hall–Kier alpha value is -1.10. The molecule has 0 heterocycles. The fourth-order valence-corrected chi connectivity index (χ4v) is 2.30. The summed E-state index contributed by atoms with van der Waals surface area (Å²) in [6.45, 7) is 0.825. The van der Waals surface area contributed by atoms with Crippen molar-refractivity contribution in [3.8, 4) is 0 Å². The average molecular weight is 228 g/mol. The van der Waals surface area contributed by atoms with Gasteiger partial charge in [-0.3, -0.25) is 9.59 Å². The van der Waals surface area contributed by atoms with E-state index in [1.54, 1.807) is 7.05 Å². The summed E-state index contributed by atoms with van der Waals surface area (Å²) >= 11 is 0. The van der Waals surface area contributed by atoms with Gasteiger partial charge in [-0.25, -0.2) is 0 Å². The topological polar surface area (TPSA) is 83.6 Å². The molecule has 0 aromatic carbocycles. The summed E-state index contributed by atoms with van der Waals surface area (Å²) in [7, 11) is 1.66. The van der Waals surface area contributed by atoms with Gasteiger partial charge >= 0.3 is 5.97 Å². The number of rotatable bonds is 5. The van der Waals surface area contributed by atoms with Gasteiger partial charge in [0, 0.05) is 19.5 Å². The summed E-state index contributed by atoms with van der Waals surface area (Å²) < 4.78 is 0. The summed E-state index contributed by atoms with van der Waals surface area (Å²) in [6, 6.07) is 0. The van der Waals surface area contributed by atoms with Gasteiger partial charge in [0.1, 0.15) is 0 Å². The van der Waals surface area contributed by atoms with Crippen LogP contribution < -0.4 is 5.73 Å². The third kappa shape index (κ3) is 3.20. The Balaban J connectivity index is 2.46. The van der Waals surface area contributed by atoms with E-state index in [1.807, 2.05) is 0 Å². The fraction of sp³-hybridized carbons (Fsp3) is 0.818. The lowest BCUT2D eigenvalue weighted by Crippen LogP contribution is -2.37. The molecular weight excluding hydrogens is 208 g/mol. The number of carboxylic acid groups (broad SMARTS) is 1. The predicted molar refractivity (Wildman–Crippen MR) is 59.8 cm³/mol. The smallest absolute Gasteiger partial charge is 0.305 e. The number of carboxylic acids is 1. The molecule has 16 heavy (non-hydrogen) atoms. The number of carbonyl (C=O) groups excluding carboxylic acids is 1. The van der Waals surface area contributed by atoms with Crippen molar-refractivity contribution >= 4 is 11.9 Å². The second-order valence-electron chi connectivity index (χ2n) is 4.44. The molecule has 1 amide bonds. The summed E-state index contributed by atoms with van der Waals surface area (Å²) in [5.74, 6) is -0.542. The molecule has 0 bridgehead atoms. The summed E-state index contributed by atoms with van der Waals surface area (Å²) in [5, 5.41) is 8.55. The highest BCUT2D eigenvalue weighted by Crippen LogP contribution is 2.32. The lowest BCUT2D eigenvalue weighted by atomic mass is 9.95. The quantitative estimate of drug-likeness (QED) is 0.708. The Morgan fingerprint density at radius 1 is 1.44 bits per heavy atom. The van der Waals surface area contributed by atoms with Crippen molar-refractivity contribution in [2.24, 2.45) is 17.6 Å². The number of hydrogen-bond acceptors (Lipinski definition) is 3. The zero-order valence-electron chi connectivity index (χ0n) is 9.69. The number of nitrogens with zero attached hydrogens (tertiary/aromatic N) is 1. The number of amides is 1. The number of carbonyl (C=O) groups is 2. The highest BCUT2D eigenvalue weighted by atomic mass is 16.4. The largest absolute Gasteiger partial charge is 0.481 e. The van der Waals surface area contributed by atoms with Gasteiger partial charge in [0.05, 0.1) is 6.42 Å². The number of nitrogens with two attached hydrogens (primary N) is 1. The molecule has 3 N–H and O–H groups in total. The molecule has 1 rings (SSSR count). The normalized spacial score (nSPS) is 24.4. The predicted octanol–water partition coefficient (Wildman–Crippen LogP) is 0.295. The first kappa shape index (κ1) is 13.0. The van der Waals surface area contributed by atoms with E-state index in [0.717, 1.165) is 19.3 Å².